The Labute approximate surface area is 199 Å². The molecule has 2 bridgehead atoms. The van der Waals surface area contributed by atoms with Crippen LogP contribution < -0.4 is 4.90 Å². The number of hydrogen-bond donors (Lipinski definition) is 0. The number of hydrogen-bond acceptors (Lipinski definition) is 7. The molecule has 7 rings (SSSR count). The molecule has 4 aliphatic carbocycles. The highest BCUT2D eigenvalue weighted by Crippen LogP contribution is 2.65. The first-order valence-corrected chi connectivity index (χ1v) is 11.5. The van der Waals surface area contributed by atoms with E-state index < -0.39 is 35.1 Å². The number of nitro groups is 1. The maximum absolute atomic E-state index is 13.4. The molecule has 35 heavy (non-hydrogen) atoms. The molecule has 9 heteroatoms. The third-order valence-electron chi connectivity index (χ3n) is 7.74. The van der Waals surface area contributed by atoms with Crippen LogP contribution >= 0.6 is 0 Å². The smallest absolute Gasteiger partial charge is 0.340 e. The molecule has 1 heterocycles. The lowest BCUT2D eigenvalue weighted by atomic mass is 9.63. The number of nitrogens with zero attached hydrogens (tertiary/aromatic N) is 2. The van der Waals surface area contributed by atoms with Crippen LogP contribution in [-0.4, -0.2) is 35.1 Å². The average Bonchev–Trinajstić information content (AvgIpc) is 3.65. The van der Waals surface area contributed by atoms with Crippen LogP contribution in [0.15, 0.2) is 60.7 Å². The fourth-order valence-corrected chi connectivity index (χ4v) is 6.12. The van der Waals surface area contributed by atoms with Crippen LogP contribution in [0.1, 0.15) is 27.1 Å². The molecule has 2 amide bonds. The Morgan fingerprint density at radius 3 is 2.29 bits per heavy atom. The molecule has 6 atom stereocenters. The van der Waals surface area contributed by atoms with Gasteiger partial charge in [0.2, 0.25) is 17.6 Å². The summed E-state index contributed by atoms with van der Waals surface area (Å²) < 4.78 is 5.19. The summed E-state index contributed by atoms with van der Waals surface area (Å²) in [6.07, 6.45) is 5.21. The molecule has 0 aromatic heterocycles. The fraction of sp³-hybridized carbons (Fsp3) is 0.308. The van der Waals surface area contributed by atoms with Crippen molar-refractivity contribution in [1.82, 2.24) is 0 Å². The minimum atomic E-state index is -0.862. The first-order valence-electron chi connectivity index (χ1n) is 11.5. The van der Waals surface area contributed by atoms with Crippen LogP contribution in [0.5, 0.6) is 0 Å². The summed E-state index contributed by atoms with van der Waals surface area (Å²) in [5.74, 6) is -1.83. The number of nitro benzene ring substituents is 1. The Morgan fingerprint density at radius 1 is 0.971 bits per heavy atom. The predicted octanol–water partition coefficient (Wildman–Crippen LogP) is 3.19. The van der Waals surface area contributed by atoms with Crippen LogP contribution in [0.25, 0.3) is 0 Å². The summed E-state index contributed by atoms with van der Waals surface area (Å²) in [6, 6.07) is 11.3. The number of esters is 1. The normalized spacial score (nSPS) is 29.5. The molecule has 2 aromatic carbocycles. The summed E-state index contributed by atoms with van der Waals surface area (Å²) in [4.78, 5) is 63.7. The van der Waals surface area contributed by atoms with Crippen molar-refractivity contribution in [3.8, 4) is 0 Å². The van der Waals surface area contributed by atoms with Gasteiger partial charge in [-0.05, 0) is 42.2 Å². The SMILES string of the molecule is O=C(COC(=O)c1ccccc1N1C(=O)[C@@H]2[C@@H]3C=C[C@H]([C@H]4C[C@H]34)[C@@H]2C1=O)c1cccc([N+](=O)[O-])c1. The highest BCUT2D eigenvalue weighted by atomic mass is 16.6. The topological polar surface area (TPSA) is 124 Å². The predicted molar refractivity (Wildman–Crippen MR) is 121 cm³/mol. The molecule has 5 aliphatic rings. The van der Waals surface area contributed by atoms with Crippen LogP contribution in [0.4, 0.5) is 11.4 Å². The Balaban J connectivity index is 1.22. The summed E-state index contributed by atoms with van der Waals surface area (Å²) in [5, 5.41) is 10.9. The molecule has 1 saturated heterocycles. The second-order valence-corrected chi connectivity index (χ2v) is 9.49. The highest BCUT2D eigenvalue weighted by Gasteiger charge is 2.67. The van der Waals surface area contributed by atoms with Crippen molar-refractivity contribution in [1.29, 1.82) is 0 Å². The molecule has 1 aliphatic heterocycles. The van der Waals surface area contributed by atoms with E-state index in [9.17, 15) is 29.3 Å². The zero-order valence-electron chi connectivity index (χ0n) is 18.4. The van der Waals surface area contributed by atoms with Gasteiger partial charge < -0.3 is 4.74 Å². The quantitative estimate of drug-likeness (QED) is 0.158. The second-order valence-electron chi connectivity index (χ2n) is 9.49. The fourth-order valence-electron chi connectivity index (χ4n) is 6.12. The van der Waals surface area contributed by atoms with Crippen molar-refractivity contribution in [3.05, 3.63) is 81.9 Å². The lowest BCUT2D eigenvalue weighted by molar-refractivity contribution is -0.384. The van der Waals surface area contributed by atoms with Crippen molar-refractivity contribution >= 4 is 34.9 Å². The maximum Gasteiger partial charge on any atom is 0.340 e. The molecular formula is C26H20N2O7. The Bertz CT molecular complexity index is 1310. The van der Waals surface area contributed by atoms with E-state index in [1.165, 1.54) is 30.3 Å². The van der Waals surface area contributed by atoms with Crippen LogP contribution in [-0.2, 0) is 14.3 Å². The molecule has 2 aromatic rings. The zero-order chi connectivity index (χ0) is 24.4. The number of Topliss-reactive ketones (excluding diaryl/α,β-unsaturated/α-hetero) is 1. The number of ketones is 1. The number of carbonyl (C=O) groups excluding carboxylic acids is 4. The Kier molecular flexibility index (Phi) is 4.70. The zero-order valence-corrected chi connectivity index (χ0v) is 18.4. The Hall–Kier alpha value is -4.14. The summed E-state index contributed by atoms with van der Waals surface area (Å²) in [7, 11) is 0. The van der Waals surface area contributed by atoms with E-state index in [1.807, 2.05) is 0 Å². The van der Waals surface area contributed by atoms with Gasteiger partial charge in [0, 0.05) is 17.7 Å². The second kappa shape index (κ2) is 7.69. The van der Waals surface area contributed by atoms with Crippen molar-refractivity contribution in [3.63, 3.8) is 0 Å². The van der Waals surface area contributed by atoms with Crippen LogP contribution in [0.3, 0.4) is 0 Å². The van der Waals surface area contributed by atoms with Gasteiger partial charge in [0.15, 0.2) is 6.61 Å². The summed E-state index contributed by atoms with van der Waals surface area (Å²) >= 11 is 0. The number of rotatable bonds is 6. The van der Waals surface area contributed by atoms with Gasteiger partial charge in [-0.25, -0.2) is 9.69 Å². The standard InChI is InChI=1S/C26H20N2O7/c29-21(13-4-3-5-14(10-13)28(33)34)12-35-26(32)17-6-1-2-7-20(17)27-24(30)22-15-8-9-16(19-11-18(15)19)23(22)25(27)31/h1-10,15-16,18-19,22-23H,11-12H2/t15-,16-,18-,19-,22-,23+/m1/s1. The third kappa shape index (κ3) is 3.22. The number of imide groups is 1. The molecule has 2 saturated carbocycles. The molecule has 0 unspecified atom stereocenters. The van der Waals surface area contributed by atoms with Crippen molar-refractivity contribution in [2.45, 2.75) is 6.42 Å². The Morgan fingerprint density at radius 2 is 1.63 bits per heavy atom. The van der Waals surface area contributed by atoms with E-state index in [4.69, 9.17) is 4.74 Å². The summed E-state index contributed by atoms with van der Waals surface area (Å²) in [5.41, 5.74) is -0.0557. The molecule has 3 fully saturated rings. The highest BCUT2D eigenvalue weighted by molar-refractivity contribution is 6.24. The number of anilines is 1. The average molecular weight is 472 g/mol. The minimum Gasteiger partial charge on any atom is -0.454 e. The molecule has 0 radical (unpaired) electrons. The number of non-ortho nitro benzene ring substituents is 1. The largest absolute Gasteiger partial charge is 0.454 e. The number of carbonyl (C=O) groups is 4. The van der Waals surface area contributed by atoms with Gasteiger partial charge in [0.1, 0.15) is 0 Å². The lowest BCUT2D eigenvalue weighted by Gasteiger charge is -2.37. The van der Waals surface area contributed by atoms with Crippen LogP contribution in [0, 0.1) is 45.6 Å². The van der Waals surface area contributed by atoms with E-state index in [1.54, 1.807) is 12.1 Å². The van der Waals surface area contributed by atoms with Gasteiger partial charge in [-0.2, -0.15) is 0 Å². The van der Waals surface area contributed by atoms with Gasteiger partial charge in [-0.15, -0.1) is 0 Å². The number of amides is 2. The van der Waals surface area contributed by atoms with Gasteiger partial charge >= 0.3 is 5.97 Å². The third-order valence-corrected chi connectivity index (χ3v) is 7.74. The van der Waals surface area contributed by atoms with Crippen molar-refractivity contribution < 1.29 is 28.8 Å². The van der Waals surface area contributed by atoms with E-state index in [0.717, 1.165) is 17.4 Å². The number of allylic oxidation sites excluding steroid dienone is 2. The molecule has 9 nitrogen and oxygen atoms in total. The number of benzene rings is 2. The molecule has 0 spiro atoms. The van der Waals surface area contributed by atoms with E-state index in [2.05, 4.69) is 12.2 Å². The monoisotopic (exact) mass is 472 g/mol. The first kappa shape index (κ1) is 21.4. The first-order chi connectivity index (χ1) is 16.9. The van der Waals surface area contributed by atoms with Gasteiger partial charge in [-0.3, -0.25) is 24.5 Å². The van der Waals surface area contributed by atoms with Gasteiger partial charge in [-0.1, -0.05) is 36.4 Å². The van der Waals surface area contributed by atoms with E-state index in [-0.39, 0.29) is 46.2 Å². The van der Waals surface area contributed by atoms with Crippen molar-refractivity contribution in [2.24, 2.45) is 35.5 Å². The minimum absolute atomic E-state index is 0.00477. The van der Waals surface area contributed by atoms with Crippen LogP contribution in [0.2, 0.25) is 0 Å². The van der Waals surface area contributed by atoms with E-state index in [0.29, 0.717) is 11.8 Å². The molecule has 0 N–H and O–H groups in total. The molecular weight excluding hydrogens is 452 g/mol. The number of para-hydroxylation sites is 1. The lowest BCUT2D eigenvalue weighted by Crippen LogP contribution is -2.40. The maximum atomic E-state index is 13.4. The summed E-state index contributed by atoms with van der Waals surface area (Å²) in [6.45, 7) is -0.640. The van der Waals surface area contributed by atoms with Gasteiger partial charge in [0.25, 0.3) is 5.69 Å². The van der Waals surface area contributed by atoms with Gasteiger partial charge in [0.05, 0.1) is 28.0 Å². The van der Waals surface area contributed by atoms with Crippen molar-refractivity contribution in [2.75, 3.05) is 11.5 Å². The number of ether oxygens (including phenoxy) is 1. The molecule has 176 valence electrons. The van der Waals surface area contributed by atoms with E-state index >= 15 is 0 Å².